The number of urea groups is 1. The molecular weight excluding hydrogens is 238 g/mol. The molecule has 19 heavy (non-hydrogen) atoms. The monoisotopic (exact) mass is 269 g/mol. The number of nitrogens with one attached hydrogen (secondary N) is 1. The predicted molar refractivity (Wildman–Crippen MR) is 80.3 cm³/mol. The Morgan fingerprint density at radius 3 is 2.26 bits per heavy atom. The van der Waals surface area contributed by atoms with Gasteiger partial charge in [0, 0.05) is 33.2 Å². The third-order valence-electron chi connectivity index (χ3n) is 4.34. The van der Waals surface area contributed by atoms with E-state index >= 15 is 0 Å². The van der Waals surface area contributed by atoms with Gasteiger partial charge in [-0.3, -0.25) is 0 Å². The molecule has 1 atom stereocenters. The highest BCUT2D eigenvalue weighted by Gasteiger charge is 2.25. The third-order valence-corrected chi connectivity index (χ3v) is 4.34. The number of nitrogens with zero attached hydrogens (tertiary/aromatic N) is 2. The van der Waals surface area contributed by atoms with Crippen LogP contribution in [0, 0.1) is 11.3 Å². The van der Waals surface area contributed by atoms with Gasteiger partial charge in [-0.25, -0.2) is 4.79 Å². The minimum atomic E-state index is 0.140. The van der Waals surface area contributed by atoms with E-state index in [9.17, 15) is 4.79 Å². The molecule has 1 unspecified atom stereocenters. The zero-order valence-corrected chi connectivity index (χ0v) is 13.5. The summed E-state index contributed by atoms with van der Waals surface area (Å²) in [4.78, 5) is 15.4. The molecule has 0 saturated carbocycles. The number of carbonyl (C=O) groups is 1. The van der Waals surface area contributed by atoms with Gasteiger partial charge in [-0.05, 0) is 30.7 Å². The number of piperidine rings is 1. The summed E-state index contributed by atoms with van der Waals surface area (Å²) in [5.41, 5.74) is 0.356. The van der Waals surface area contributed by atoms with Crippen molar-refractivity contribution in [2.24, 2.45) is 11.3 Å². The molecule has 112 valence electrons. The van der Waals surface area contributed by atoms with Crippen molar-refractivity contribution >= 4 is 6.03 Å². The minimum Gasteiger partial charge on any atom is -0.331 e. The molecule has 1 aliphatic heterocycles. The largest absolute Gasteiger partial charge is 0.331 e. The normalized spacial score (nSPS) is 19.4. The highest BCUT2D eigenvalue weighted by molar-refractivity contribution is 5.73. The van der Waals surface area contributed by atoms with E-state index in [0.717, 1.165) is 32.5 Å². The van der Waals surface area contributed by atoms with Crippen LogP contribution in [-0.2, 0) is 0 Å². The molecule has 0 aromatic carbocycles. The van der Waals surface area contributed by atoms with Crippen LogP contribution in [0.4, 0.5) is 4.79 Å². The maximum absolute atomic E-state index is 11.8. The molecule has 0 aromatic rings. The SMILES string of the molecule is CC(CNC1CCN(C(=O)N(C)C)CC1)C(C)(C)C. The average molecular weight is 269 g/mol. The molecule has 1 aliphatic rings. The Labute approximate surface area is 118 Å². The second-order valence-electron chi connectivity index (χ2n) is 7.11. The Bertz CT molecular complexity index is 288. The van der Waals surface area contributed by atoms with Crippen molar-refractivity contribution in [2.45, 2.75) is 46.6 Å². The molecule has 1 rings (SSSR count). The van der Waals surface area contributed by atoms with Gasteiger partial charge in [0.15, 0.2) is 0 Å². The van der Waals surface area contributed by atoms with E-state index in [1.807, 2.05) is 19.0 Å². The molecule has 1 saturated heterocycles. The van der Waals surface area contributed by atoms with E-state index in [1.165, 1.54) is 0 Å². The Hall–Kier alpha value is -0.770. The van der Waals surface area contributed by atoms with Gasteiger partial charge in [0.25, 0.3) is 0 Å². The fourth-order valence-electron chi connectivity index (χ4n) is 2.21. The summed E-state index contributed by atoms with van der Waals surface area (Å²) in [6, 6.07) is 0.706. The van der Waals surface area contributed by atoms with Crippen molar-refractivity contribution in [3.05, 3.63) is 0 Å². The lowest BCUT2D eigenvalue weighted by Crippen LogP contribution is -2.49. The molecule has 0 aromatic heterocycles. The molecule has 1 N–H and O–H groups in total. The standard InChI is InChI=1S/C15H31N3O/c1-12(15(2,3)4)11-16-13-7-9-18(10-8-13)14(19)17(5)6/h12-13,16H,7-11H2,1-6H3. The van der Waals surface area contributed by atoms with Crippen LogP contribution >= 0.6 is 0 Å². The summed E-state index contributed by atoms with van der Waals surface area (Å²) >= 11 is 0. The van der Waals surface area contributed by atoms with Crippen LogP contribution in [0.5, 0.6) is 0 Å². The van der Waals surface area contributed by atoms with Crippen LogP contribution in [0.3, 0.4) is 0 Å². The van der Waals surface area contributed by atoms with Crippen molar-refractivity contribution in [2.75, 3.05) is 33.7 Å². The summed E-state index contributed by atoms with van der Waals surface area (Å²) in [5, 5.41) is 3.67. The molecule has 0 radical (unpaired) electrons. The van der Waals surface area contributed by atoms with Gasteiger partial charge in [0.2, 0.25) is 0 Å². The fraction of sp³-hybridized carbons (Fsp3) is 0.933. The van der Waals surface area contributed by atoms with Gasteiger partial charge in [-0.15, -0.1) is 0 Å². The quantitative estimate of drug-likeness (QED) is 0.854. The van der Waals surface area contributed by atoms with E-state index in [-0.39, 0.29) is 6.03 Å². The zero-order chi connectivity index (χ0) is 14.6. The number of hydrogen-bond acceptors (Lipinski definition) is 2. The van der Waals surface area contributed by atoms with E-state index in [4.69, 9.17) is 0 Å². The Morgan fingerprint density at radius 1 is 1.32 bits per heavy atom. The number of amides is 2. The molecule has 2 amide bonds. The van der Waals surface area contributed by atoms with Crippen LogP contribution in [0.15, 0.2) is 0 Å². The first kappa shape index (κ1) is 16.3. The Balaban J connectivity index is 2.29. The second kappa shape index (κ2) is 6.60. The number of likely N-dealkylation sites (tertiary alicyclic amines) is 1. The first-order valence-corrected chi connectivity index (χ1v) is 7.41. The smallest absolute Gasteiger partial charge is 0.319 e. The lowest BCUT2D eigenvalue weighted by atomic mass is 9.82. The number of rotatable bonds is 3. The molecule has 4 heteroatoms. The van der Waals surface area contributed by atoms with E-state index in [1.54, 1.807) is 4.90 Å². The summed E-state index contributed by atoms with van der Waals surface area (Å²) in [7, 11) is 3.63. The van der Waals surface area contributed by atoms with Gasteiger partial charge in [-0.2, -0.15) is 0 Å². The molecule has 0 spiro atoms. The van der Waals surface area contributed by atoms with Crippen molar-refractivity contribution < 1.29 is 4.79 Å². The van der Waals surface area contributed by atoms with Crippen LogP contribution in [0.2, 0.25) is 0 Å². The van der Waals surface area contributed by atoms with Gasteiger partial charge in [0.1, 0.15) is 0 Å². The van der Waals surface area contributed by atoms with E-state index in [2.05, 4.69) is 33.0 Å². The number of hydrogen-bond donors (Lipinski definition) is 1. The first-order valence-electron chi connectivity index (χ1n) is 7.41. The summed E-state index contributed by atoms with van der Waals surface area (Å²) in [6.45, 7) is 12.0. The van der Waals surface area contributed by atoms with E-state index < -0.39 is 0 Å². The molecule has 4 nitrogen and oxygen atoms in total. The number of carbonyl (C=O) groups excluding carboxylic acids is 1. The highest BCUT2D eigenvalue weighted by Crippen LogP contribution is 2.24. The average Bonchev–Trinajstić information content (AvgIpc) is 2.34. The van der Waals surface area contributed by atoms with Crippen LogP contribution in [-0.4, -0.2) is 55.6 Å². The maximum atomic E-state index is 11.8. The molecule has 1 heterocycles. The predicted octanol–water partition coefficient (Wildman–Crippen LogP) is 2.40. The van der Waals surface area contributed by atoms with Crippen LogP contribution in [0.25, 0.3) is 0 Å². The molecular formula is C15H31N3O. The van der Waals surface area contributed by atoms with Crippen LogP contribution < -0.4 is 5.32 Å². The minimum absolute atomic E-state index is 0.140. The lowest BCUT2D eigenvalue weighted by molar-refractivity contribution is 0.149. The van der Waals surface area contributed by atoms with Gasteiger partial charge in [-0.1, -0.05) is 27.7 Å². The Kier molecular flexibility index (Phi) is 5.65. The highest BCUT2D eigenvalue weighted by atomic mass is 16.2. The fourth-order valence-corrected chi connectivity index (χ4v) is 2.21. The first-order chi connectivity index (χ1) is 8.71. The van der Waals surface area contributed by atoms with Crippen molar-refractivity contribution in [3.63, 3.8) is 0 Å². The van der Waals surface area contributed by atoms with Gasteiger partial charge >= 0.3 is 6.03 Å². The van der Waals surface area contributed by atoms with Gasteiger partial charge < -0.3 is 15.1 Å². The van der Waals surface area contributed by atoms with Crippen molar-refractivity contribution in [1.29, 1.82) is 0 Å². The van der Waals surface area contributed by atoms with E-state index in [0.29, 0.717) is 17.4 Å². The Morgan fingerprint density at radius 2 is 1.84 bits per heavy atom. The zero-order valence-electron chi connectivity index (χ0n) is 13.5. The topological polar surface area (TPSA) is 35.6 Å². The third kappa shape index (κ3) is 5.01. The summed E-state index contributed by atoms with van der Waals surface area (Å²) < 4.78 is 0. The molecule has 1 fully saturated rings. The van der Waals surface area contributed by atoms with Gasteiger partial charge in [0.05, 0.1) is 0 Å². The molecule has 0 aliphatic carbocycles. The second-order valence-corrected chi connectivity index (χ2v) is 7.11. The molecule has 0 bridgehead atoms. The maximum Gasteiger partial charge on any atom is 0.319 e. The van der Waals surface area contributed by atoms with Crippen molar-refractivity contribution in [1.82, 2.24) is 15.1 Å². The summed E-state index contributed by atoms with van der Waals surface area (Å²) in [6.07, 6.45) is 2.13. The lowest BCUT2D eigenvalue weighted by Gasteiger charge is -2.35. The van der Waals surface area contributed by atoms with Crippen molar-refractivity contribution in [3.8, 4) is 0 Å². The summed E-state index contributed by atoms with van der Waals surface area (Å²) in [5.74, 6) is 0.661. The van der Waals surface area contributed by atoms with Crippen LogP contribution in [0.1, 0.15) is 40.5 Å².